The molecule has 1 atom stereocenters. The molecule has 7 nitrogen and oxygen atoms in total. The van der Waals surface area contributed by atoms with Gasteiger partial charge < -0.3 is 15.0 Å². The molecule has 4 rings (SSSR count). The first kappa shape index (κ1) is 25.1. The minimum atomic E-state index is -1.01. The highest BCUT2D eigenvalue weighted by Gasteiger charge is 2.23. The Morgan fingerprint density at radius 2 is 1.69 bits per heavy atom. The quantitative estimate of drug-likeness (QED) is 0.363. The lowest BCUT2D eigenvalue weighted by Crippen LogP contribution is -2.27. The first-order chi connectivity index (χ1) is 17.4. The summed E-state index contributed by atoms with van der Waals surface area (Å²) >= 11 is 1.20. The van der Waals surface area contributed by atoms with E-state index in [9.17, 15) is 19.5 Å². The summed E-state index contributed by atoms with van der Waals surface area (Å²) < 4.78 is 2.26. The zero-order chi connectivity index (χ0) is 25.7. The Morgan fingerprint density at radius 1 is 1.00 bits per heavy atom. The van der Waals surface area contributed by atoms with Crippen LogP contribution in [0.15, 0.2) is 77.8 Å². The van der Waals surface area contributed by atoms with Crippen molar-refractivity contribution in [2.75, 3.05) is 6.54 Å². The average Bonchev–Trinajstić information content (AvgIpc) is 3.22. The fourth-order valence-electron chi connectivity index (χ4n) is 3.95. The van der Waals surface area contributed by atoms with E-state index in [1.54, 1.807) is 41.8 Å². The summed E-state index contributed by atoms with van der Waals surface area (Å²) in [7, 11) is 0. The standard InChI is InChI=1S/C28H27N3O4S/c1-3-22(27(34)35)31-23-14-13-21(25(32)29-16-15-19-7-5-4-6-8-19)17-24(23)36-28(31)30-26(33)20-11-9-18(2)10-12-20/h4-14,17,22H,3,15-16H2,1-2H3,(H,29,32)(H,34,35). The molecule has 2 N–H and O–H groups in total. The first-order valence-electron chi connectivity index (χ1n) is 11.7. The molecule has 184 valence electrons. The molecule has 0 radical (unpaired) electrons. The number of hydrogen-bond acceptors (Lipinski definition) is 4. The van der Waals surface area contributed by atoms with Crippen LogP contribution in [0.1, 0.15) is 51.2 Å². The van der Waals surface area contributed by atoms with Crippen LogP contribution in [0, 0.1) is 6.92 Å². The number of aryl methyl sites for hydroxylation is 1. The van der Waals surface area contributed by atoms with Gasteiger partial charge in [0.25, 0.3) is 11.8 Å². The monoisotopic (exact) mass is 501 g/mol. The number of amides is 2. The summed E-state index contributed by atoms with van der Waals surface area (Å²) in [5.41, 5.74) is 3.66. The topological polar surface area (TPSA) is 101 Å². The lowest BCUT2D eigenvalue weighted by atomic mass is 10.1. The van der Waals surface area contributed by atoms with Crippen molar-refractivity contribution in [1.29, 1.82) is 0 Å². The molecule has 4 aromatic rings. The third-order valence-electron chi connectivity index (χ3n) is 5.91. The predicted molar refractivity (Wildman–Crippen MR) is 140 cm³/mol. The number of nitrogens with zero attached hydrogens (tertiary/aromatic N) is 2. The van der Waals surface area contributed by atoms with Crippen molar-refractivity contribution < 1.29 is 19.5 Å². The molecule has 1 unspecified atom stereocenters. The molecule has 0 aliphatic heterocycles. The van der Waals surface area contributed by atoms with Crippen molar-refractivity contribution in [2.24, 2.45) is 4.99 Å². The van der Waals surface area contributed by atoms with E-state index >= 15 is 0 Å². The maximum absolute atomic E-state index is 12.9. The summed E-state index contributed by atoms with van der Waals surface area (Å²) in [5.74, 6) is -1.68. The van der Waals surface area contributed by atoms with E-state index < -0.39 is 17.9 Å². The Balaban J connectivity index is 1.67. The Kier molecular flexibility index (Phi) is 7.75. The third kappa shape index (κ3) is 5.60. The van der Waals surface area contributed by atoms with Crippen LogP contribution in [0.4, 0.5) is 0 Å². The predicted octanol–water partition coefficient (Wildman–Crippen LogP) is 4.76. The highest BCUT2D eigenvalue weighted by atomic mass is 32.1. The Labute approximate surface area is 212 Å². The molecule has 1 aromatic heterocycles. The van der Waals surface area contributed by atoms with Crippen molar-refractivity contribution in [1.82, 2.24) is 9.88 Å². The molecule has 36 heavy (non-hydrogen) atoms. The number of carboxylic acids is 1. The molecule has 0 saturated carbocycles. The number of carbonyl (C=O) groups excluding carboxylic acids is 2. The third-order valence-corrected chi connectivity index (χ3v) is 6.93. The summed E-state index contributed by atoms with van der Waals surface area (Å²) in [4.78, 5) is 42.2. The Hall–Kier alpha value is -4.04. The average molecular weight is 502 g/mol. The molecule has 0 fully saturated rings. The van der Waals surface area contributed by atoms with Gasteiger partial charge >= 0.3 is 5.97 Å². The second-order valence-corrected chi connectivity index (χ2v) is 9.48. The number of hydrogen-bond donors (Lipinski definition) is 2. The largest absolute Gasteiger partial charge is 0.480 e. The van der Waals surface area contributed by atoms with Crippen LogP contribution >= 0.6 is 11.3 Å². The number of thiazole rings is 1. The second-order valence-electron chi connectivity index (χ2n) is 8.47. The maximum Gasteiger partial charge on any atom is 0.326 e. The normalized spacial score (nSPS) is 12.4. The molecular weight excluding hydrogens is 474 g/mol. The number of benzene rings is 3. The van der Waals surface area contributed by atoms with Gasteiger partial charge in [-0.15, -0.1) is 0 Å². The molecule has 3 aromatic carbocycles. The summed E-state index contributed by atoms with van der Waals surface area (Å²) in [6.07, 6.45) is 1.03. The van der Waals surface area contributed by atoms with Crippen LogP contribution in [0.3, 0.4) is 0 Å². The fourth-order valence-corrected chi connectivity index (χ4v) is 5.05. The molecule has 0 aliphatic rings. The van der Waals surface area contributed by atoms with Crippen molar-refractivity contribution in [3.05, 3.63) is 99.9 Å². The van der Waals surface area contributed by atoms with E-state index in [2.05, 4.69) is 10.3 Å². The summed E-state index contributed by atoms with van der Waals surface area (Å²) in [6, 6.07) is 21.2. The summed E-state index contributed by atoms with van der Waals surface area (Å²) in [5, 5.41) is 12.8. The van der Waals surface area contributed by atoms with E-state index in [1.165, 1.54) is 11.3 Å². The van der Waals surface area contributed by atoms with Crippen LogP contribution < -0.4 is 10.1 Å². The minimum absolute atomic E-state index is 0.215. The van der Waals surface area contributed by atoms with Gasteiger partial charge in [-0.05, 0) is 55.7 Å². The Bertz CT molecular complexity index is 1470. The number of carboxylic acid groups (broad SMARTS) is 1. The van der Waals surface area contributed by atoms with Gasteiger partial charge in [-0.2, -0.15) is 4.99 Å². The number of aliphatic carboxylic acids is 1. The smallest absolute Gasteiger partial charge is 0.326 e. The molecule has 0 saturated heterocycles. The Morgan fingerprint density at radius 3 is 2.36 bits per heavy atom. The van der Waals surface area contributed by atoms with Crippen molar-refractivity contribution in [3.63, 3.8) is 0 Å². The molecule has 8 heteroatoms. The fraction of sp³-hybridized carbons (Fsp3) is 0.214. The van der Waals surface area contributed by atoms with Gasteiger partial charge in [-0.25, -0.2) is 4.79 Å². The van der Waals surface area contributed by atoms with Gasteiger partial charge in [-0.1, -0.05) is 66.3 Å². The minimum Gasteiger partial charge on any atom is -0.480 e. The van der Waals surface area contributed by atoms with Gasteiger partial charge in [0.2, 0.25) is 0 Å². The van der Waals surface area contributed by atoms with E-state index in [-0.39, 0.29) is 10.7 Å². The highest BCUT2D eigenvalue weighted by molar-refractivity contribution is 7.16. The highest BCUT2D eigenvalue weighted by Crippen LogP contribution is 2.24. The molecule has 0 spiro atoms. The molecular formula is C28H27N3O4S. The van der Waals surface area contributed by atoms with Crippen LogP contribution in [-0.2, 0) is 11.2 Å². The molecule has 0 bridgehead atoms. The zero-order valence-electron chi connectivity index (χ0n) is 20.1. The zero-order valence-corrected chi connectivity index (χ0v) is 20.9. The maximum atomic E-state index is 12.9. The number of aromatic nitrogens is 1. The van der Waals surface area contributed by atoms with Crippen LogP contribution in [0.5, 0.6) is 0 Å². The summed E-state index contributed by atoms with van der Waals surface area (Å²) in [6.45, 7) is 4.20. The van der Waals surface area contributed by atoms with Crippen LogP contribution in [0.2, 0.25) is 0 Å². The van der Waals surface area contributed by atoms with E-state index in [0.29, 0.717) is 34.3 Å². The second kappa shape index (κ2) is 11.1. The number of rotatable bonds is 8. The number of nitrogens with one attached hydrogen (secondary N) is 1. The van der Waals surface area contributed by atoms with Crippen molar-refractivity contribution in [3.8, 4) is 0 Å². The van der Waals surface area contributed by atoms with E-state index in [0.717, 1.165) is 17.5 Å². The molecule has 1 heterocycles. The lowest BCUT2D eigenvalue weighted by Gasteiger charge is -2.13. The van der Waals surface area contributed by atoms with Crippen LogP contribution in [-0.4, -0.2) is 34.0 Å². The van der Waals surface area contributed by atoms with Crippen molar-refractivity contribution >= 4 is 39.3 Å². The van der Waals surface area contributed by atoms with Gasteiger partial charge in [0.1, 0.15) is 6.04 Å². The van der Waals surface area contributed by atoms with Gasteiger partial charge in [-0.3, -0.25) is 9.59 Å². The van der Waals surface area contributed by atoms with E-state index in [1.807, 2.05) is 49.4 Å². The number of fused-ring (bicyclic) bond motifs is 1. The lowest BCUT2D eigenvalue weighted by molar-refractivity contribution is -0.140. The number of carbonyl (C=O) groups is 3. The first-order valence-corrected chi connectivity index (χ1v) is 12.5. The molecule has 2 amide bonds. The molecule has 0 aliphatic carbocycles. The van der Waals surface area contributed by atoms with Gasteiger partial charge in [0, 0.05) is 17.7 Å². The SMILES string of the molecule is CCC(C(=O)O)n1c(=NC(=O)c2ccc(C)cc2)sc2cc(C(=O)NCCc3ccccc3)ccc21. The van der Waals surface area contributed by atoms with Crippen molar-refractivity contribution in [2.45, 2.75) is 32.7 Å². The van der Waals surface area contributed by atoms with Crippen LogP contribution in [0.25, 0.3) is 10.2 Å². The van der Waals surface area contributed by atoms with E-state index in [4.69, 9.17) is 0 Å². The van der Waals surface area contributed by atoms with Gasteiger partial charge in [0.05, 0.1) is 10.2 Å². The van der Waals surface area contributed by atoms with Gasteiger partial charge in [0.15, 0.2) is 4.80 Å².